The lowest BCUT2D eigenvalue weighted by molar-refractivity contribution is 0.0671. The molecule has 1 aromatic carbocycles. The SMILES string of the molecule is CCc1ccccc1NC(=O)NCC1CCOCC1. The van der Waals surface area contributed by atoms with Crippen LogP contribution in [0.4, 0.5) is 10.5 Å². The quantitative estimate of drug-likeness (QED) is 0.876. The first-order valence-electron chi connectivity index (χ1n) is 7.00. The summed E-state index contributed by atoms with van der Waals surface area (Å²) in [5.74, 6) is 0.543. The zero-order valence-electron chi connectivity index (χ0n) is 11.4. The van der Waals surface area contributed by atoms with Gasteiger partial charge in [0, 0.05) is 25.4 Å². The molecule has 0 radical (unpaired) electrons. The molecule has 0 aliphatic carbocycles. The lowest BCUT2D eigenvalue weighted by Gasteiger charge is -2.22. The molecule has 2 rings (SSSR count). The highest BCUT2D eigenvalue weighted by atomic mass is 16.5. The molecule has 1 saturated heterocycles. The van der Waals surface area contributed by atoms with E-state index < -0.39 is 0 Å². The van der Waals surface area contributed by atoms with Crippen molar-refractivity contribution in [3.8, 4) is 0 Å². The summed E-state index contributed by atoms with van der Waals surface area (Å²) in [6.45, 7) is 4.43. The van der Waals surface area contributed by atoms with Crippen molar-refractivity contribution < 1.29 is 9.53 Å². The third kappa shape index (κ3) is 4.24. The topological polar surface area (TPSA) is 50.4 Å². The smallest absolute Gasteiger partial charge is 0.319 e. The fraction of sp³-hybridized carbons (Fsp3) is 0.533. The largest absolute Gasteiger partial charge is 0.381 e. The predicted octanol–water partition coefficient (Wildman–Crippen LogP) is 2.80. The molecule has 4 nitrogen and oxygen atoms in total. The first-order chi connectivity index (χ1) is 9.29. The summed E-state index contributed by atoms with van der Waals surface area (Å²) in [5.41, 5.74) is 2.05. The van der Waals surface area contributed by atoms with Gasteiger partial charge in [-0.2, -0.15) is 0 Å². The molecule has 1 heterocycles. The van der Waals surface area contributed by atoms with Crippen molar-refractivity contribution in [2.45, 2.75) is 26.2 Å². The standard InChI is InChI=1S/C15H22N2O2/c1-2-13-5-3-4-6-14(13)17-15(18)16-11-12-7-9-19-10-8-12/h3-6,12H,2,7-11H2,1H3,(H2,16,17,18). The normalized spacial score (nSPS) is 16.1. The summed E-state index contributed by atoms with van der Waals surface area (Å²) in [4.78, 5) is 11.9. The summed E-state index contributed by atoms with van der Waals surface area (Å²) in [5, 5.41) is 5.87. The van der Waals surface area contributed by atoms with Crippen molar-refractivity contribution in [3.63, 3.8) is 0 Å². The van der Waals surface area contributed by atoms with Crippen LogP contribution in [0.15, 0.2) is 24.3 Å². The van der Waals surface area contributed by atoms with E-state index in [0.717, 1.165) is 50.3 Å². The Kier molecular flexibility index (Phi) is 5.21. The molecule has 0 saturated carbocycles. The molecule has 104 valence electrons. The first-order valence-corrected chi connectivity index (χ1v) is 7.00. The van der Waals surface area contributed by atoms with Gasteiger partial charge in [0.15, 0.2) is 0 Å². The van der Waals surface area contributed by atoms with Gasteiger partial charge in [-0.15, -0.1) is 0 Å². The third-order valence-electron chi connectivity index (χ3n) is 3.54. The van der Waals surface area contributed by atoms with Gasteiger partial charge >= 0.3 is 6.03 Å². The molecule has 0 bridgehead atoms. The number of nitrogens with one attached hydrogen (secondary N) is 2. The van der Waals surface area contributed by atoms with Crippen molar-refractivity contribution in [2.75, 3.05) is 25.1 Å². The highest BCUT2D eigenvalue weighted by Gasteiger charge is 2.14. The number of carbonyl (C=O) groups is 1. The van der Waals surface area contributed by atoms with Crippen molar-refractivity contribution >= 4 is 11.7 Å². The Morgan fingerprint density at radius 3 is 2.79 bits per heavy atom. The number of anilines is 1. The summed E-state index contributed by atoms with van der Waals surface area (Å²) >= 11 is 0. The van der Waals surface area contributed by atoms with Crippen LogP contribution in [0.25, 0.3) is 0 Å². The number of para-hydroxylation sites is 1. The zero-order valence-corrected chi connectivity index (χ0v) is 11.4. The third-order valence-corrected chi connectivity index (χ3v) is 3.54. The molecule has 0 spiro atoms. The lowest BCUT2D eigenvalue weighted by Crippen LogP contribution is -2.35. The van der Waals surface area contributed by atoms with E-state index in [-0.39, 0.29) is 6.03 Å². The van der Waals surface area contributed by atoms with Crippen LogP contribution in [0.2, 0.25) is 0 Å². The van der Waals surface area contributed by atoms with E-state index in [0.29, 0.717) is 5.92 Å². The Morgan fingerprint density at radius 1 is 1.32 bits per heavy atom. The second-order valence-electron chi connectivity index (χ2n) is 4.90. The summed E-state index contributed by atoms with van der Waals surface area (Å²) in [6, 6.07) is 7.78. The number of urea groups is 1. The van der Waals surface area contributed by atoms with Gasteiger partial charge in [-0.3, -0.25) is 0 Å². The fourth-order valence-corrected chi connectivity index (χ4v) is 2.30. The Labute approximate surface area is 114 Å². The first kappa shape index (κ1) is 13.9. The van der Waals surface area contributed by atoms with Crippen LogP contribution < -0.4 is 10.6 Å². The monoisotopic (exact) mass is 262 g/mol. The number of benzene rings is 1. The maximum Gasteiger partial charge on any atom is 0.319 e. The van der Waals surface area contributed by atoms with Gasteiger partial charge in [-0.25, -0.2) is 4.79 Å². The Bertz CT molecular complexity index is 414. The number of hydrogen-bond donors (Lipinski definition) is 2. The van der Waals surface area contributed by atoms with Crippen molar-refractivity contribution in [1.29, 1.82) is 0 Å². The van der Waals surface area contributed by atoms with E-state index in [9.17, 15) is 4.79 Å². The fourth-order valence-electron chi connectivity index (χ4n) is 2.30. The maximum absolute atomic E-state index is 11.9. The second kappa shape index (κ2) is 7.14. The average Bonchev–Trinajstić information content (AvgIpc) is 2.47. The van der Waals surface area contributed by atoms with Crippen molar-refractivity contribution in [2.24, 2.45) is 5.92 Å². The molecule has 1 aliphatic rings. The highest BCUT2D eigenvalue weighted by Crippen LogP contribution is 2.16. The van der Waals surface area contributed by atoms with Gasteiger partial charge in [-0.1, -0.05) is 25.1 Å². The van der Waals surface area contributed by atoms with Gasteiger partial charge in [0.1, 0.15) is 0 Å². The molecule has 1 aromatic rings. The van der Waals surface area contributed by atoms with Crippen LogP contribution >= 0.6 is 0 Å². The zero-order chi connectivity index (χ0) is 13.5. The molecule has 1 aliphatic heterocycles. The summed E-state index contributed by atoms with van der Waals surface area (Å²) in [7, 11) is 0. The van der Waals surface area contributed by atoms with Gasteiger partial charge in [0.25, 0.3) is 0 Å². The van der Waals surface area contributed by atoms with Crippen molar-refractivity contribution in [1.82, 2.24) is 5.32 Å². The summed E-state index contributed by atoms with van der Waals surface area (Å²) in [6.07, 6.45) is 2.98. The van der Waals surface area contributed by atoms with Gasteiger partial charge < -0.3 is 15.4 Å². The minimum atomic E-state index is -0.118. The Balaban J connectivity index is 1.80. The van der Waals surface area contributed by atoms with E-state index in [2.05, 4.69) is 17.6 Å². The van der Waals surface area contributed by atoms with Crippen LogP contribution in [-0.2, 0) is 11.2 Å². The molecule has 0 unspecified atom stereocenters. The molecule has 0 atom stereocenters. The summed E-state index contributed by atoms with van der Waals surface area (Å²) < 4.78 is 5.30. The minimum absolute atomic E-state index is 0.118. The molecule has 2 amide bonds. The number of carbonyl (C=O) groups excluding carboxylic acids is 1. The van der Waals surface area contributed by atoms with Crippen LogP contribution in [0.1, 0.15) is 25.3 Å². The van der Waals surface area contributed by atoms with E-state index in [1.54, 1.807) is 0 Å². The second-order valence-corrected chi connectivity index (χ2v) is 4.90. The van der Waals surface area contributed by atoms with Crippen LogP contribution in [-0.4, -0.2) is 25.8 Å². The van der Waals surface area contributed by atoms with E-state index in [1.807, 2.05) is 24.3 Å². The van der Waals surface area contributed by atoms with Gasteiger partial charge in [-0.05, 0) is 36.8 Å². The minimum Gasteiger partial charge on any atom is -0.381 e. The average molecular weight is 262 g/mol. The van der Waals surface area contributed by atoms with E-state index >= 15 is 0 Å². The predicted molar refractivity (Wildman–Crippen MR) is 76.4 cm³/mol. The molecular weight excluding hydrogens is 240 g/mol. The van der Waals surface area contributed by atoms with Crippen molar-refractivity contribution in [3.05, 3.63) is 29.8 Å². The Morgan fingerprint density at radius 2 is 2.05 bits per heavy atom. The molecule has 1 fully saturated rings. The maximum atomic E-state index is 11.9. The lowest BCUT2D eigenvalue weighted by atomic mass is 10.0. The molecule has 0 aromatic heterocycles. The number of hydrogen-bond acceptors (Lipinski definition) is 2. The molecule has 4 heteroatoms. The number of amides is 2. The van der Waals surface area contributed by atoms with Crippen LogP contribution in [0.3, 0.4) is 0 Å². The van der Waals surface area contributed by atoms with E-state index in [1.165, 1.54) is 0 Å². The van der Waals surface area contributed by atoms with Crippen LogP contribution in [0, 0.1) is 5.92 Å². The molecule has 2 N–H and O–H groups in total. The Hall–Kier alpha value is -1.55. The number of rotatable bonds is 4. The van der Waals surface area contributed by atoms with Gasteiger partial charge in [0.2, 0.25) is 0 Å². The number of ether oxygens (including phenoxy) is 1. The number of aryl methyl sites for hydroxylation is 1. The van der Waals surface area contributed by atoms with E-state index in [4.69, 9.17) is 4.74 Å². The van der Waals surface area contributed by atoms with Gasteiger partial charge in [0.05, 0.1) is 0 Å². The molecule has 19 heavy (non-hydrogen) atoms. The van der Waals surface area contributed by atoms with Crippen LogP contribution in [0.5, 0.6) is 0 Å². The highest BCUT2D eigenvalue weighted by molar-refractivity contribution is 5.90. The molecular formula is C15H22N2O2.